The maximum atomic E-state index is 12.6. The smallest absolute Gasteiger partial charge is 0.337 e. The molecule has 1 saturated heterocycles. The zero-order chi connectivity index (χ0) is 16.4. The van der Waals surface area contributed by atoms with Crippen LogP contribution in [0.5, 0.6) is 0 Å². The molecular formula is C14H19F3N6. The van der Waals surface area contributed by atoms with Gasteiger partial charge in [0.15, 0.2) is 0 Å². The number of piperazine rings is 1. The average Bonchev–Trinajstić information content (AvgIpc) is 3.08. The van der Waals surface area contributed by atoms with Gasteiger partial charge in [0.1, 0.15) is 18.2 Å². The number of alkyl halides is 3. The first-order valence-corrected chi connectivity index (χ1v) is 7.43. The fourth-order valence-electron chi connectivity index (χ4n) is 2.90. The van der Waals surface area contributed by atoms with Crippen LogP contribution in [0.25, 0.3) is 0 Å². The number of imidazole rings is 2. The number of hydrogen-bond acceptors (Lipinski definition) is 4. The van der Waals surface area contributed by atoms with Crippen LogP contribution in [-0.4, -0.2) is 49.8 Å². The molecule has 2 aromatic rings. The van der Waals surface area contributed by atoms with Crippen molar-refractivity contribution in [3.05, 3.63) is 36.4 Å². The number of halogens is 3. The van der Waals surface area contributed by atoms with Gasteiger partial charge in [0.2, 0.25) is 0 Å². The van der Waals surface area contributed by atoms with Gasteiger partial charge < -0.3 is 14.5 Å². The summed E-state index contributed by atoms with van der Waals surface area (Å²) in [7, 11) is 1.92. The van der Waals surface area contributed by atoms with Gasteiger partial charge >= 0.3 is 6.18 Å². The van der Waals surface area contributed by atoms with Crippen LogP contribution in [0, 0.1) is 0 Å². The summed E-state index contributed by atoms with van der Waals surface area (Å²) in [5.41, 5.74) is 0. The summed E-state index contributed by atoms with van der Waals surface area (Å²) in [4.78, 5) is 10.6. The van der Waals surface area contributed by atoms with Gasteiger partial charge in [-0.3, -0.25) is 4.90 Å². The first-order chi connectivity index (χ1) is 10.9. The number of nitrogens with one attached hydrogen (secondary N) is 1. The Morgan fingerprint density at radius 2 is 2.04 bits per heavy atom. The summed E-state index contributed by atoms with van der Waals surface area (Å²) >= 11 is 0. The molecule has 0 aliphatic carbocycles. The van der Waals surface area contributed by atoms with Crippen LogP contribution in [0.1, 0.15) is 17.7 Å². The Balaban J connectivity index is 1.78. The van der Waals surface area contributed by atoms with E-state index < -0.39 is 12.7 Å². The molecule has 23 heavy (non-hydrogen) atoms. The van der Waals surface area contributed by atoms with Crippen molar-refractivity contribution in [2.75, 3.05) is 19.6 Å². The second-order valence-electron chi connectivity index (χ2n) is 5.67. The summed E-state index contributed by atoms with van der Waals surface area (Å²) in [5.74, 6) is 1.31. The standard InChI is InChI=1S/C14H19F3N6/c1-21-5-3-20-13(21)11-8-18-2-6-22(11)9-12-19-4-7-23(12)10-14(15,16)17/h3-5,7,11,18H,2,6,8-10H2,1H3. The van der Waals surface area contributed by atoms with Gasteiger partial charge in [-0.25, -0.2) is 9.97 Å². The van der Waals surface area contributed by atoms with Crippen LogP contribution < -0.4 is 5.32 Å². The summed E-state index contributed by atoms with van der Waals surface area (Å²) in [6.07, 6.45) is 2.14. The number of rotatable bonds is 4. The minimum Gasteiger partial charge on any atom is -0.337 e. The lowest BCUT2D eigenvalue weighted by atomic mass is 10.1. The van der Waals surface area contributed by atoms with Crippen LogP contribution in [0.4, 0.5) is 13.2 Å². The molecule has 1 atom stereocenters. The number of aryl methyl sites for hydroxylation is 1. The Bertz CT molecular complexity index is 647. The van der Waals surface area contributed by atoms with Gasteiger partial charge in [0.25, 0.3) is 0 Å². The van der Waals surface area contributed by atoms with Gasteiger partial charge in [-0.1, -0.05) is 0 Å². The predicted octanol–water partition coefficient (Wildman–Crippen LogP) is 1.33. The monoisotopic (exact) mass is 328 g/mol. The highest BCUT2D eigenvalue weighted by molar-refractivity contribution is 5.04. The molecule has 3 rings (SSSR count). The number of aromatic nitrogens is 4. The van der Waals surface area contributed by atoms with E-state index in [1.165, 1.54) is 12.4 Å². The van der Waals surface area contributed by atoms with Crippen LogP contribution in [-0.2, 0) is 20.1 Å². The summed E-state index contributed by atoms with van der Waals surface area (Å²) < 4.78 is 41.0. The van der Waals surface area contributed by atoms with Crippen molar-refractivity contribution in [3.63, 3.8) is 0 Å². The van der Waals surface area contributed by atoms with E-state index in [4.69, 9.17) is 0 Å². The molecule has 0 bridgehead atoms. The van der Waals surface area contributed by atoms with Crippen LogP contribution in [0.2, 0.25) is 0 Å². The van der Waals surface area contributed by atoms with E-state index >= 15 is 0 Å². The molecule has 9 heteroatoms. The molecule has 0 radical (unpaired) electrons. The normalized spacial score (nSPS) is 20.1. The van der Waals surface area contributed by atoms with E-state index in [1.807, 2.05) is 17.8 Å². The Labute approximate surface area is 131 Å². The van der Waals surface area contributed by atoms with Gasteiger partial charge in [-0.2, -0.15) is 13.2 Å². The molecule has 0 spiro atoms. The lowest BCUT2D eigenvalue weighted by Crippen LogP contribution is -2.46. The second kappa shape index (κ2) is 6.32. The third-order valence-corrected chi connectivity index (χ3v) is 4.01. The summed E-state index contributed by atoms with van der Waals surface area (Å²) in [5, 5.41) is 3.31. The minimum absolute atomic E-state index is 0.0137. The Morgan fingerprint density at radius 3 is 2.74 bits per heavy atom. The quantitative estimate of drug-likeness (QED) is 0.920. The highest BCUT2D eigenvalue weighted by atomic mass is 19.4. The lowest BCUT2D eigenvalue weighted by molar-refractivity contribution is -0.141. The zero-order valence-corrected chi connectivity index (χ0v) is 12.8. The Morgan fingerprint density at radius 1 is 1.26 bits per heavy atom. The van der Waals surface area contributed by atoms with Crippen molar-refractivity contribution in [2.45, 2.75) is 25.3 Å². The molecule has 2 aromatic heterocycles. The van der Waals surface area contributed by atoms with E-state index in [9.17, 15) is 13.2 Å². The van der Waals surface area contributed by atoms with Gasteiger partial charge in [-0.15, -0.1) is 0 Å². The molecule has 3 heterocycles. The largest absolute Gasteiger partial charge is 0.406 e. The zero-order valence-electron chi connectivity index (χ0n) is 12.8. The lowest BCUT2D eigenvalue weighted by Gasteiger charge is -2.35. The van der Waals surface area contributed by atoms with Crippen molar-refractivity contribution < 1.29 is 13.2 Å². The molecule has 1 unspecified atom stereocenters. The van der Waals surface area contributed by atoms with Gasteiger partial charge in [0, 0.05) is 51.5 Å². The SMILES string of the molecule is Cn1ccnc1C1CNCCN1Cc1nccn1CC(F)(F)F. The summed E-state index contributed by atoms with van der Waals surface area (Å²) in [6.45, 7) is 1.59. The van der Waals surface area contributed by atoms with Crippen LogP contribution >= 0.6 is 0 Å². The van der Waals surface area contributed by atoms with Crippen molar-refractivity contribution in [1.29, 1.82) is 0 Å². The van der Waals surface area contributed by atoms with E-state index in [2.05, 4.69) is 20.2 Å². The maximum Gasteiger partial charge on any atom is 0.406 e. The average molecular weight is 328 g/mol. The van der Waals surface area contributed by atoms with E-state index in [0.29, 0.717) is 18.9 Å². The van der Waals surface area contributed by atoms with E-state index in [0.717, 1.165) is 23.5 Å². The number of nitrogens with zero attached hydrogens (tertiary/aromatic N) is 5. The van der Waals surface area contributed by atoms with Crippen molar-refractivity contribution in [2.24, 2.45) is 7.05 Å². The van der Waals surface area contributed by atoms with Crippen LogP contribution in [0.3, 0.4) is 0 Å². The van der Waals surface area contributed by atoms with Crippen molar-refractivity contribution in [3.8, 4) is 0 Å². The fraction of sp³-hybridized carbons (Fsp3) is 0.571. The Hall–Kier alpha value is -1.87. The maximum absolute atomic E-state index is 12.6. The van der Waals surface area contributed by atoms with Crippen molar-refractivity contribution in [1.82, 2.24) is 29.3 Å². The number of hydrogen-bond donors (Lipinski definition) is 1. The highest BCUT2D eigenvalue weighted by Gasteiger charge is 2.31. The molecule has 1 fully saturated rings. The second-order valence-corrected chi connectivity index (χ2v) is 5.67. The molecule has 1 aliphatic heterocycles. The highest BCUT2D eigenvalue weighted by Crippen LogP contribution is 2.23. The topological polar surface area (TPSA) is 50.9 Å². The van der Waals surface area contributed by atoms with E-state index in [1.54, 1.807) is 6.20 Å². The molecule has 0 amide bonds. The molecule has 0 aromatic carbocycles. The minimum atomic E-state index is -4.25. The molecule has 1 aliphatic rings. The molecule has 126 valence electrons. The first-order valence-electron chi connectivity index (χ1n) is 7.43. The van der Waals surface area contributed by atoms with Gasteiger partial charge in [0.05, 0.1) is 12.6 Å². The summed E-state index contributed by atoms with van der Waals surface area (Å²) in [6, 6.07) is 0.0137. The molecule has 0 saturated carbocycles. The van der Waals surface area contributed by atoms with Crippen LogP contribution in [0.15, 0.2) is 24.8 Å². The third kappa shape index (κ3) is 3.73. The Kier molecular flexibility index (Phi) is 4.40. The van der Waals surface area contributed by atoms with Crippen molar-refractivity contribution >= 4 is 0 Å². The first kappa shape index (κ1) is 16.0. The molecular weight excluding hydrogens is 309 g/mol. The third-order valence-electron chi connectivity index (χ3n) is 4.01. The fourth-order valence-corrected chi connectivity index (χ4v) is 2.90. The van der Waals surface area contributed by atoms with Gasteiger partial charge in [-0.05, 0) is 0 Å². The van der Waals surface area contributed by atoms with E-state index in [-0.39, 0.29) is 6.04 Å². The predicted molar refractivity (Wildman–Crippen MR) is 77.5 cm³/mol. The molecule has 6 nitrogen and oxygen atoms in total. The molecule has 1 N–H and O–H groups in total.